The van der Waals surface area contributed by atoms with Crippen molar-refractivity contribution >= 4 is 29.4 Å². The fourth-order valence-electron chi connectivity index (χ4n) is 2.88. The van der Waals surface area contributed by atoms with Crippen LogP contribution in [0.15, 0.2) is 65.8 Å². The molecule has 6 heteroatoms. The molecule has 0 unspecified atom stereocenters. The molecule has 0 aliphatic rings. The van der Waals surface area contributed by atoms with Gasteiger partial charge in [0.1, 0.15) is 0 Å². The summed E-state index contributed by atoms with van der Waals surface area (Å²) < 4.78 is 2.10. The van der Waals surface area contributed by atoms with Crippen molar-refractivity contribution in [3.63, 3.8) is 0 Å². The van der Waals surface area contributed by atoms with Gasteiger partial charge in [0.15, 0.2) is 0 Å². The highest BCUT2D eigenvalue weighted by Crippen LogP contribution is 2.22. The Kier molecular flexibility index (Phi) is 5.94. The summed E-state index contributed by atoms with van der Waals surface area (Å²) in [7, 11) is 0. The molecule has 5 nitrogen and oxygen atoms in total. The van der Waals surface area contributed by atoms with Crippen LogP contribution in [0.25, 0.3) is 5.69 Å². The van der Waals surface area contributed by atoms with Crippen LogP contribution < -0.4 is 10.7 Å². The molecule has 1 amide bonds. The number of benzene rings is 2. The number of hydrogen-bond acceptors (Lipinski definition) is 3. The van der Waals surface area contributed by atoms with Crippen LogP contribution in [0.4, 0.5) is 5.69 Å². The first-order chi connectivity index (χ1) is 13.0. The molecule has 3 rings (SSSR count). The molecule has 0 spiro atoms. The molecule has 2 aromatic carbocycles. The first-order valence-corrected chi connectivity index (χ1v) is 8.98. The summed E-state index contributed by atoms with van der Waals surface area (Å²) in [5.74, 6) is -0.209. The molecule has 138 valence electrons. The Labute approximate surface area is 163 Å². The zero-order valence-corrected chi connectivity index (χ0v) is 16.0. The number of hydrazone groups is 1. The van der Waals surface area contributed by atoms with E-state index in [1.807, 2.05) is 74.5 Å². The fraction of sp³-hybridized carbons (Fsp3) is 0.143. The summed E-state index contributed by atoms with van der Waals surface area (Å²) in [6.07, 6.45) is 1.66. The van der Waals surface area contributed by atoms with Crippen molar-refractivity contribution in [2.24, 2.45) is 5.10 Å². The molecule has 1 aromatic heterocycles. The third-order valence-electron chi connectivity index (χ3n) is 4.16. The van der Waals surface area contributed by atoms with E-state index < -0.39 is 0 Å². The number of anilines is 1. The molecular formula is C21H21ClN4O. The number of aryl methyl sites for hydroxylation is 1. The largest absolute Gasteiger partial charge is 0.376 e. The van der Waals surface area contributed by atoms with E-state index in [2.05, 4.69) is 20.4 Å². The summed E-state index contributed by atoms with van der Waals surface area (Å²) in [5, 5.41) is 7.81. The molecule has 1 heterocycles. The van der Waals surface area contributed by atoms with Crippen LogP contribution >= 0.6 is 11.6 Å². The van der Waals surface area contributed by atoms with Crippen molar-refractivity contribution in [3.05, 3.63) is 82.6 Å². The summed E-state index contributed by atoms with van der Waals surface area (Å²) >= 11 is 6.11. The van der Waals surface area contributed by atoms with Gasteiger partial charge in [0, 0.05) is 33.3 Å². The van der Waals surface area contributed by atoms with Crippen molar-refractivity contribution in [1.82, 2.24) is 9.99 Å². The molecule has 0 atom stereocenters. The summed E-state index contributed by atoms with van der Waals surface area (Å²) in [5.41, 5.74) is 7.45. The van der Waals surface area contributed by atoms with Crippen molar-refractivity contribution in [1.29, 1.82) is 0 Å². The van der Waals surface area contributed by atoms with Gasteiger partial charge in [-0.05, 0) is 50.2 Å². The van der Waals surface area contributed by atoms with Crippen LogP contribution in [-0.4, -0.2) is 23.2 Å². The van der Waals surface area contributed by atoms with Gasteiger partial charge in [-0.3, -0.25) is 4.79 Å². The number of aromatic nitrogens is 1. The highest BCUT2D eigenvalue weighted by Gasteiger charge is 2.09. The molecule has 3 aromatic rings. The number of nitrogens with zero attached hydrogens (tertiary/aromatic N) is 2. The Bertz CT molecular complexity index is 964. The van der Waals surface area contributed by atoms with Gasteiger partial charge in [-0.1, -0.05) is 35.9 Å². The Morgan fingerprint density at radius 2 is 1.89 bits per heavy atom. The van der Waals surface area contributed by atoms with E-state index in [-0.39, 0.29) is 12.5 Å². The fourth-order valence-corrected chi connectivity index (χ4v) is 3.07. The molecule has 2 N–H and O–H groups in total. The van der Waals surface area contributed by atoms with E-state index in [0.29, 0.717) is 5.02 Å². The third-order valence-corrected chi connectivity index (χ3v) is 4.39. The first-order valence-electron chi connectivity index (χ1n) is 8.60. The zero-order valence-electron chi connectivity index (χ0n) is 15.2. The van der Waals surface area contributed by atoms with Gasteiger partial charge in [-0.25, -0.2) is 5.43 Å². The third kappa shape index (κ3) is 4.77. The molecule has 0 saturated carbocycles. The number of carbonyl (C=O) groups excluding carboxylic acids is 1. The maximum Gasteiger partial charge on any atom is 0.259 e. The number of hydrogen-bond donors (Lipinski definition) is 2. The second-order valence-corrected chi connectivity index (χ2v) is 6.59. The summed E-state index contributed by atoms with van der Waals surface area (Å²) in [4.78, 5) is 11.9. The second-order valence-electron chi connectivity index (χ2n) is 6.15. The minimum Gasteiger partial charge on any atom is -0.376 e. The van der Waals surface area contributed by atoms with E-state index in [4.69, 9.17) is 11.6 Å². The predicted octanol–water partition coefficient (Wildman–Crippen LogP) is 4.31. The topological polar surface area (TPSA) is 58.4 Å². The van der Waals surface area contributed by atoms with Crippen molar-refractivity contribution in [2.75, 3.05) is 11.9 Å². The first kappa shape index (κ1) is 18.7. The molecule has 0 aliphatic heterocycles. The van der Waals surface area contributed by atoms with Crippen molar-refractivity contribution in [3.8, 4) is 5.69 Å². The number of para-hydroxylation sites is 1. The van der Waals surface area contributed by atoms with E-state index in [1.54, 1.807) is 6.21 Å². The Balaban J connectivity index is 1.64. The number of rotatable bonds is 6. The Morgan fingerprint density at radius 3 is 2.63 bits per heavy atom. The molecule has 0 bridgehead atoms. The Hall–Kier alpha value is -3.05. The van der Waals surface area contributed by atoms with Crippen molar-refractivity contribution < 1.29 is 4.79 Å². The summed E-state index contributed by atoms with van der Waals surface area (Å²) in [6.45, 7) is 4.19. The van der Waals surface area contributed by atoms with Gasteiger partial charge < -0.3 is 9.88 Å². The van der Waals surface area contributed by atoms with Crippen LogP contribution in [0, 0.1) is 13.8 Å². The zero-order chi connectivity index (χ0) is 19.2. The number of amides is 1. The maximum absolute atomic E-state index is 11.9. The molecule has 0 fully saturated rings. The number of carbonyl (C=O) groups is 1. The minimum atomic E-state index is -0.209. The van der Waals surface area contributed by atoms with E-state index in [9.17, 15) is 4.79 Å². The van der Waals surface area contributed by atoms with Crippen LogP contribution in [0.5, 0.6) is 0 Å². The lowest BCUT2D eigenvalue weighted by molar-refractivity contribution is -0.119. The lowest BCUT2D eigenvalue weighted by atomic mass is 10.2. The molecule has 0 radical (unpaired) electrons. The molecule has 27 heavy (non-hydrogen) atoms. The lowest BCUT2D eigenvalue weighted by Gasteiger charge is -2.09. The van der Waals surface area contributed by atoms with Crippen LogP contribution in [-0.2, 0) is 4.79 Å². The molecular weight excluding hydrogens is 360 g/mol. The average molecular weight is 381 g/mol. The maximum atomic E-state index is 11.9. The quantitative estimate of drug-likeness (QED) is 0.494. The standard InChI is InChI=1S/C21H21ClN4O/c1-15-11-17(16(2)26(15)20-10-6-7-18(22)12-20)13-24-25-21(27)14-23-19-8-4-3-5-9-19/h3-13,23H,14H2,1-2H3,(H,25,27)/b24-13-. The highest BCUT2D eigenvalue weighted by molar-refractivity contribution is 6.30. The number of halogens is 1. The number of nitrogens with one attached hydrogen (secondary N) is 2. The van der Waals surface area contributed by atoms with Gasteiger partial charge >= 0.3 is 0 Å². The van der Waals surface area contributed by atoms with E-state index in [0.717, 1.165) is 28.3 Å². The summed E-state index contributed by atoms with van der Waals surface area (Å²) in [6, 6.07) is 19.3. The van der Waals surface area contributed by atoms with Gasteiger partial charge in [-0.2, -0.15) is 5.10 Å². The van der Waals surface area contributed by atoms with Crippen LogP contribution in [0.1, 0.15) is 17.0 Å². The van der Waals surface area contributed by atoms with Crippen LogP contribution in [0.3, 0.4) is 0 Å². The van der Waals surface area contributed by atoms with Gasteiger partial charge in [0.2, 0.25) is 0 Å². The minimum absolute atomic E-state index is 0.156. The smallest absolute Gasteiger partial charge is 0.259 e. The van der Waals surface area contributed by atoms with Crippen molar-refractivity contribution in [2.45, 2.75) is 13.8 Å². The average Bonchev–Trinajstić information content (AvgIpc) is 2.94. The van der Waals surface area contributed by atoms with Gasteiger partial charge in [0.05, 0.1) is 12.8 Å². The van der Waals surface area contributed by atoms with Gasteiger partial charge in [-0.15, -0.1) is 0 Å². The second kappa shape index (κ2) is 8.56. The van der Waals surface area contributed by atoms with Gasteiger partial charge in [0.25, 0.3) is 5.91 Å². The molecule has 0 saturated heterocycles. The predicted molar refractivity (Wildman–Crippen MR) is 111 cm³/mol. The van der Waals surface area contributed by atoms with E-state index in [1.165, 1.54) is 0 Å². The SMILES string of the molecule is Cc1cc(/C=N\NC(=O)CNc2ccccc2)c(C)n1-c1cccc(Cl)c1. The lowest BCUT2D eigenvalue weighted by Crippen LogP contribution is -2.25. The highest BCUT2D eigenvalue weighted by atomic mass is 35.5. The van der Waals surface area contributed by atoms with E-state index >= 15 is 0 Å². The molecule has 0 aliphatic carbocycles. The Morgan fingerprint density at radius 1 is 1.11 bits per heavy atom. The normalized spacial score (nSPS) is 10.9. The van der Waals surface area contributed by atoms with Crippen LogP contribution in [0.2, 0.25) is 5.02 Å². The monoisotopic (exact) mass is 380 g/mol.